The standard InChI is InChI=1S/C35H54N2O.C6H10N2/c1-22(2)8-7-9-23(3)27-13-14-28-26-12-15-31-34(5,29(26)16-18-33(27,28)4)19-17-32(38)35(31,6)21-24-10-11-25(36)20-30(24)37;1-3-6(8)4-5(2)7/h10-11,15-16,20,22-23,26-28,32,38H,7-9,12-14,17-19,21,36-37H2,1-6H3;3-4H,1-2,7-8H2/b;6-4+. The van der Waals surface area contributed by atoms with Crippen LogP contribution < -0.4 is 22.9 Å². The zero-order valence-corrected chi connectivity index (χ0v) is 29.7. The Morgan fingerprint density at radius 2 is 1.76 bits per heavy atom. The SMILES string of the molecule is C=C/C(N)=C\C(=C)N.CC(C)CCCC(C)C1CCC2C3CC=C4C(C)(CCC(O)C4(C)Cc4ccc(N)cc4N)C3=CCC12C. The van der Waals surface area contributed by atoms with Gasteiger partial charge < -0.3 is 28.0 Å². The second-order valence-corrected chi connectivity index (χ2v) is 16.3. The van der Waals surface area contributed by atoms with Gasteiger partial charge in [-0.2, -0.15) is 0 Å². The summed E-state index contributed by atoms with van der Waals surface area (Å²) in [7, 11) is 0. The lowest BCUT2D eigenvalue weighted by Gasteiger charge is -2.58. The first-order chi connectivity index (χ1) is 21.6. The lowest BCUT2D eigenvalue weighted by Crippen LogP contribution is -2.52. The molecule has 0 aromatic heterocycles. The van der Waals surface area contributed by atoms with Crippen molar-refractivity contribution in [2.45, 2.75) is 112 Å². The van der Waals surface area contributed by atoms with Crippen LogP contribution in [-0.2, 0) is 6.42 Å². The number of benzene rings is 1. The third-order valence-corrected chi connectivity index (χ3v) is 12.6. The number of hydrogen-bond acceptors (Lipinski definition) is 5. The fraction of sp³-hybridized carbons (Fsp3) is 0.610. The van der Waals surface area contributed by atoms with Crippen LogP contribution in [0.3, 0.4) is 0 Å². The smallest absolute Gasteiger partial charge is 0.0634 e. The lowest BCUT2D eigenvalue weighted by molar-refractivity contribution is -0.00207. The summed E-state index contributed by atoms with van der Waals surface area (Å²) in [6, 6.07) is 5.87. The van der Waals surface area contributed by atoms with Crippen LogP contribution in [0.1, 0.15) is 105 Å². The predicted octanol–water partition coefficient (Wildman–Crippen LogP) is 8.82. The quantitative estimate of drug-likeness (QED) is 0.106. The Bertz CT molecular complexity index is 1370. The van der Waals surface area contributed by atoms with Gasteiger partial charge in [0.2, 0.25) is 0 Å². The fourth-order valence-electron chi connectivity index (χ4n) is 10.2. The Kier molecular flexibility index (Phi) is 11.0. The van der Waals surface area contributed by atoms with Crippen molar-refractivity contribution in [1.29, 1.82) is 0 Å². The summed E-state index contributed by atoms with van der Waals surface area (Å²) < 4.78 is 0. The number of aliphatic hydroxyl groups is 1. The van der Waals surface area contributed by atoms with Crippen LogP contribution in [0, 0.1) is 45.8 Å². The maximum absolute atomic E-state index is 11.5. The molecule has 46 heavy (non-hydrogen) atoms. The lowest BCUT2D eigenvalue weighted by atomic mass is 9.47. The molecule has 254 valence electrons. The Morgan fingerprint density at radius 3 is 2.37 bits per heavy atom. The summed E-state index contributed by atoms with van der Waals surface area (Å²) >= 11 is 0. The molecule has 2 saturated carbocycles. The number of allylic oxidation sites excluding steroid dienone is 5. The molecule has 1 aromatic carbocycles. The summed E-state index contributed by atoms with van der Waals surface area (Å²) in [4.78, 5) is 0. The number of nitrogen functional groups attached to an aromatic ring is 2. The Balaban J connectivity index is 0.000000533. The molecule has 0 saturated heterocycles. The van der Waals surface area contributed by atoms with Crippen LogP contribution in [-0.4, -0.2) is 11.2 Å². The summed E-state index contributed by atoms with van der Waals surface area (Å²) in [5, 5.41) is 11.5. The molecule has 5 rings (SSSR count). The van der Waals surface area contributed by atoms with Crippen LogP contribution in [0.25, 0.3) is 0 Å². The fourth-order valence-corrected chi connectivity index (χ4v) is 10.2. The molecule has 9 N–H and O–H groups in total. The molecular weight excluding hydrogens is 564 g/mol. The third-order valence-electron chi connectivity index (χ3n) is 12.6. The minimum Gasteiger partial charge on any atom is -0.399 e. The molecule has 4 aliphatic rings. The van der Waals surface area contributed by atoms with Gasteiger partial charge in [0.15, 0.2) is 0 Å². The van der Waals surface area contributed by atoms with Crippen LogP contribution in [0.5, 0.6) is 0 Å². The first-order valence-electron chi connectivity index (χ1n) is 17.8. The highest BCUT2D eigenvalue weighted by Gasteiger charge is 2.59. The van der Waals surface area contributed by atoms with Crippen LogP contribution >= 0.6 is 0 Å². The molecule has 1 aromatic rings. The molecule has 0 spiro atoms. The largest absolute Gasteiger partial charge is 0.399 e. The van der Waals surface area contributed by atoms with E-state index >= 15 is 0 Å². The Labute approximate surface area is 280 Å². The van der Waals surface area contributed by atoms with E-state index in [9.17, 15) is 5.11 Å². The second-order valence-electron chi connectivity index (χ2n) is 16.3. The van der Waals surface area contributed by atoms with E-state index in [-0.39, 0.29) is 16.9 Å². The van der Waals surface area contributed by atoms with Gasteiger partial charge in [-0.3, -0.25) is 0 Å². The van der Waals surface area contributed by atoms with E-state index in [1.807, 2.05) is 12.1 Å². The zero-order valence-electron chi connectivity index (χ0n) is 29.7. The minimum absolute atomic E-state index is 0.0434. The number of hydrogen-bond donors (Lipinski definition) is 5. The maximum Gasteiger partial charge on any atom is 0.0634 e. The molecule has 5 nitrogen and oxygen atoms in total. The van der Waals surface area contributed by atoms with Gasteiger partial charge in [-0.1, -0.05) is 103 Å². The van der Waals surface area contributed by atoms with Crippen molar-refractivity contribution in [3.63, 3.8) is 0 Å². The van der Waals surface area contributed by atoms with Gasteiger partial charge >= 0.3 is 0 Å². The number of fused-ring (bicyclic) bond motifs is 5. The van der Waals surface area contributed by atoms with Crippen LogP contribution in [0.15, 0.2) is 78.2 Å². The van der Waals surface area contributed by atoms with E-state index < -0.39 is 0 Å². The molecule has 8 unspecified atom stereocenters. The molecule has 0 heterocycles. The van der Waals surface area contributed by atoms with Gasteiger partial charge in [0.05, 0.1) is 6.10 Å². The second kappa shape index (κ2) is 14.1. The monoisotopic (exact) mass is 629 g/mol. The van der Waals surface area contributed by atoms with E-state index in [1.54, 1.807) is 11.6 Å². The van der Waals surface area contributed by atoms with Crippen LogP contribution in [0.4, 0.5) is 11.4 Å². The summed E-state index contributed by atoms with van der Waals surface area (Å²) in [5.41, 5.74) is 29.7. The third kappa shape index (κ3) is 7.00. The molecule has 0 bridgehead atoms. The number of aliphatic hydroxyl groups excluding tert-OH is 1. The van der Waals surface area contributed by atoms with Crippen molar-refractivity contribution in [2.75, 3.05) is 11.5 Å². The van der Waals surface area contributed by atoms with Gasteiger partial charge in [0.1, 0.15) is 0 Å². The molecule has 0 radical (unpaired) electrons. The van der Waals surface area contributed by atoms with Crippen molar-refractivity contribution in [3.05, 3.63) is 83.8 Å². The van der Waals surface area contributed by atoms with Crippen LogP contribution in [0.2, 0.25) is 0 Å². The maximum atomic E-state index is 11.5. The molecule has 0 aliphatic heterocycles. The van der Waals surface area contributed by atoms with Gasteiger partial charge in [0.25, 0.3) is 0 Å². The highest BCUT2D eigenvalue weighted by Crippen LogP contribution is 2.67. The summed E-state index contributed by atoms with van der Waals surface area (Å²) in [6.07, 6.45) is 19.9. The average Bonchev–Trinajstić information content (AvgIpc) is 3.34. The molecular formula is C41H64N4O. The first kappa shape index (κ1) is 35.9. The normalized spacial score (nSPS) is 34.2. The topological polar surface area (TPSA) is 124 Å². The average molecular weight is 629 g/mol. The first-order valence-corrected chi connectivity index (χ1v) is 17.8. The zero-order chi connectivity index (χ0) is 34.0. The van der Waals surface area contributed by atoms with Gasteiger partial charge in [0, 0.05) is 33.6 Å². The highest BCUT2D eigenvalue weighted by atomic mass is 16.3. The van der Waals surface area contributed by atoms with E-state index in [2.05, 4.69) is 72.9 Å². The van der Waals surface area contributed by atoms with Crippen molar-refractivity contribution in [1.82, 2.24) is 0 Å². The van der Waals surface area contributed by atoms with Gasteiger partial charge in [-0.05, 0) is 110 Å². The van der Waals surface area contributed by atoms with Gasteiger partial charge in [-0.15, -0.1) is 0 Å². The molecule has 5 heteroatoms. The van der Waals surface area contributed by atoms with E-state index in [0.29, 0.717) is 28.4 Å². The van der Waals surface area contributed by atoms with E-state index in [1.165, 1.54) is 50.2 Å². The highest BCUT2D eigenvalue weighted by molar-refractivity contribution is 5.57. The summed E-state index contributed by atoms with van der Waals surface area (Å²) in [5.74, 6) is 3.94. The molecule has 8 atom stereocenters. The van der Waals surface area contributed by atoms with E-state index in [4.69, 9.17) is 22.9 Å². The minimum atomic E-state index is -0.354. The molecule has 2 fully saturated rings. The number of nitrogens with two attached hydrogens (primary N) is 4. The van der Waals surface area contributed by atoms with Crippen molar-refractivity contribution in [3.8, 4) is 0 Å². The van der Waals surface area contributed by atoms with Gasteiger partial charge in [-0.25, -0.2) is 0 Å². The molecule has 0 amide bonds. The van der Waals surface area contributed by atoms with Crippen molar-refractivity contribution < 1.29 is 5.11 Å². The number of anilines is 2. The van der Waals surface area contributed by atoms with Crippen molar-refractivity contribution in [2.24, 2.45) is 57.3 Å². The van der Waals surface area contributed by atoms with E-state index in [0.717, 1.165) is 60.6 Å². The van der Waals surface area contributed by atoms with Crippen molar-refractivity contribution >= 4 is 11.4 Å². The Hall–Kier alpha value is -2.92. The Morgan fingerprint density at radius 1 is 1.04 bits per heavy atom. The summed E-state index contributed by atoms with van der Waals surface area (Å²) in [6.45, 7) is 21.5. The molecule has 4 aliphatic carbocycles. The number of rotatable bonds is 9. The predicted molar refractivity (Wildman–Crippen MR) is 197 cm³/mol.